The van der Waals surface area contributed by atoms with Gasteiger partial charge in [-0.25, -0.2) is 13.2 Å². The fourth-order valence-electron chi connectivity index (χ4n) is 3.81. The number of hydrogen-bond acceptors (Lipinski definition) is 5. The van der Waals surface area contributed by atoms with Gasteiger partial charge in [-0.1, -0.05) is 0 Å². The third-order valence-electron chi connectivity index (χ3n) is 4.71. The molecule has 0 aromatic heterocycles. The molecular weight excluding hydrogens is 382 g/mol. The number of ether oxygens (including phenoxy) is 1. The van der Waals surface area contributed by atoms with Gasteiger partial charge in [0.05, 0.1) is 35.9 Å². The van der Waals surface area contributed by atoms with Crippen molar-refractivity contribution in [3.63, 3.8) is 0 Å². The first-order valence-electron chi connectivity index (χ1n) is 7.65. The van der Waals surface area contributed by atoms with Crippen LogP contribution >= 0.6 is 15.9 Å². The van der Waals surface area contributed by atoms with Crippen molar-refractivity contribution >= 4 is 37.4 Å². The molecule has 1 aromatic carbocycles. The molecule has 0 spiro atoms. The van der Waals surface area contributed by atoms with Gasteiger partial charge in [-0.3, -0.25) is 0 Å². The summed E-state index contributed by atoms with van der Waals surface area (Å²) in [4.78, 5) is 14.1. The number of esters is 1. The van der Waals surface area contributed by atoms with Crippen LogP contribution in [-0.4, -0.2) is 45.1 Å². The Balaban J connectivity index is 2.15. The van der Waals surface area contributed by atoms with Crippen molar-refractivity contribution in [3.8, 4) is 0 Å². The number of nitrogens with zero attached hydrogens (tertiary/aromatic N) is 1. The van der Waals surface area contributed by atoms with E-state index < -0.39 is 9.84 Å². The van der Waals surface area contributed by atoms with Gasteiger partial charge in [-0.2, -0.15) is 0 Å². The van der Waals surface area contributed by atoms with Crippen LogP contribution in [0.25, 0.3) is 0 Å². The van der Waals surface area contributed by atoms with Crippen molar-refractivity contribution in [2.24, 2.45) is 0 Å². The molecule has 2 aliphatic heterocycles. The van der Waals surface area contributed by atoms with E-state index >= 15 is 0 Å². The molecule has 0 bridgehead atoms. The van der Waals surface area contributed by atoms with Crippen LogP contribution in [0.15, 0.2) is 16.6 Å². The molecule has 5 nitrogen and oxygen atoms in total. The van der Waals surface area contributed by atoms with Crippen LogP contribution in [-0.2, 0) is 14.6 Å². The van der Waals surface area contributed by atoms with Gasteiger partial charge in [-0.05, 0) is 53.9 Å². The average Bonchev–Trinajstić information content (AvgIpc) is 2.79. The summed E-state index contributed by atoms with van der Waals surface area (Å²) in [7, 11) is -1.65. The Labute approximate surface area is 145 Å². The molecule has 1 saturated heterocycles. The zero-order valence-electron chi connectivity index (χ0n) is 13.4. The Hall–Kier alpha value is -1.08. The maximum Gasteiger partial charge on any atom is 0.337 e. The Morgan fingerprint density at radius 3 is 2.70 bits per heavy atom. The summed E-state index contributed by atoms with van der Waals surface area (Å²) in [5.74, 6) is 0.137. The lowest BCUT2D eigenvalue weighted by atomic mass is 9.91. The zero-order valence-corrected chi connectivity index (χ0v) is 15.8. The Bertz CT molecular complexity index is 760. The van der Waals surface area contributed by atoms with E-state index in [0.29, 0.717) is 12.0 Å². The summed E-state index contributed by atoms with van der Waals surface area (Å²) >= 11 is 3.57. The second kappa shape index (κ2) is 5.77. The molecule has 23 heavy (non-hydrogen) atoms. The average molecular weight is 402 g/mol. The monoisotopic (exact) mass is 401 g/mol. The van der Waals surface area contributed by atoms with Crippen LogP contribution in [0, 0.1) is 0 Å². The lowest BCUT2D eigenvalue weighted by molar-refractivity contribution is 0.0600. The van der Waals surface area contributed by atoms with E-state index in [-0.39, 0.29) is 35.5 Å². The lowest BCUT2D eigenvalue weighted by Crippen LogP contribution is -2.46. The fourth-order valence-corrected chi connectivity index (χ4v) is 6.19. The van der Waals surface area contributed by atoms with Gasteiger partial charge in [0, 0.05) is 16.4 Å². The smallest absolute Gasteiger partial charge is 0.337 e. The number of carbonyl (C=O) groups is 1. The molecule has 1 aromatic rings. The number of carbonyl (C=O) groups excluding carboxylic acids is 1. The van der Waals surface area contributed by atoms with Gasteiger partial charge >= 0.3 is 5.97 Å². The molecule has 0 radical (unpaired) electrons. The van der Waals surface area contributed by atoms with E-state index in [9.17, 15) is 13.2 Å². The van der Waals surface area contributed by atoms with Gasteiger partial charge in [0.2, 0.25) is 0 Å². The SMILES string of the molecule is COC(=O)c1cc(Br)c2c(c1)C1CCS(=O)(=O)CC1N2C(C)C. The molecular formula is C16H20BrNO4S. The summed E-state index contributed by atoms with van der Waals surface area (Å²) in [6.45, 7) is 4.13. The van der Waals surface area contributed by atoms with E-state index in [1.807, 2.05) is 6.07 Å². The van der Waals surface area contributed by atoms with Crippen molar-refractivity contribution in [1.29, 1.82) is 0 Å². The highest BCUT2D eigenvalue weighted by atomic mass is 79.9. The highest BCUT2D eigenvalue weighted by molar-refractivity contribution is 9.10. The van der Waals surface area contributed by atoms with Gasteiger partial charge in [0.1, 0.15) is 0 Å². The van der Waals surface area contributed by atoms with Crippen molar-refractivity contribution in [1.82, 2.24) is 0 Å². The van der Waals surface area contributed by atoms with Crippen molar-refractivity contribution in [2.75, 3.05) is 23.5 Å². The quantitative estimate of drug-likeness (QED) is 0.712. The first-order chi connectivity index (χ1) is 10.7. The minimum Gasteiger partial charge on any atom is -0.465 e. The van der Waals surface area contributed by atoms with E-state index in [2.05, 4.69) is 34.7 Å². The van der Waals surface area contributed by atoms with Crippen molar-refractivity contribution in [2.45, 2.75) is 38.3 Å². The highest BCUT2D eigenvalue weighted by Gasteiger charge is 2.46. The number of rotatable bonds is 2. The van der Waals surface area contributed by atoms with Crippen molar-refractivity contribution in [3.05, 3.63) is 27.7 Å². The third kappa shape index (κ3) is 2.78. The van der Waals surface area contributed by atoms with Crippen LogP contribution in [0.2, 0.25) is 0 Å². The molecule has 126 valence electrons. The summed E-state index contributed by atoms with van der Waals surface area (Å²) in [5.41, 5.74) is 2.56. The number of sulfone groups is 1. The standard InChI is InChI=1S/C16H20BrNO4S/c1-9(2)18-14-8-23(20,21)5-4-11(14)12-6-10(16(19)22-3)7-13(17)15(12)18/h6-7,9,11,14H,4-5,8H2,1-3H3. The second-order valence-electron chi connectivity index (χ2n) is 6.47. The first kappa shape index (κ1) is 16.8. The topological polar surface area (TPSA) is 63.7 Å². The largest absolute Gasteiger partial charge is 0.465 e. The summed E-state index contributed by atoms with van der Waals surface area (Å²) in [6.07, 6.45) is 0.598. The number of halogens is 1. The maximum absolute atomic E-state index is 12.1. The first-order valence-corrected chi connectivity index (χ1v) is 10.3. The van der Waals surface area contributed by atoms with Gasteiger partial charge in [-0.15, -0.1) is 0 Å². The Morgan fingerprint density at radius 2 is 2.09 bits per heavy atom. The molecule has 2 heterocycles. The van der Waals surface area contributed by atoms with Crippen LogP contribution in [0.3, 0.4) is 0 Å². The predicted molar refractivity (Wildman–Crippen MR) is 92.9 cm³/mol. The van der Waals surface area contributed by atoms with Crippen LogP contribution < -0.4 is 4.90 Å². The van der Waals surface area contributed by atoms with E-state index in [4.69, 9.17) is 4.74 Å². The molecule has 2 unspecified atom stereocenters. The van der Waals surface area contributed by atoms with Crippen molar-refractivity contribution < 1.29 is 17.9 Å². The molecule has 7 heteroatoms. The molecule has 0 N–H and O–H groups in total. The summed E-state index contributed by atoms with van der Waals surface area (Å²) in [6, 6.07) is 3.74. The fraction of sp³-hybridized carbons (Fsp3) is 0.562. The lowest BCUT2D eigenvalue weighted by Gasteiger charge is -2.36. The third-order valence-corrected chi connectivity index (χ3v) is 7.03. The number of fused-ring (bicyclic) bond motifs is 3. The number of anilines is 1. The molecule has 2 aliphatic rings. The molecule has 0 aliphatic carbocycles. The minimum absolute atomic E-state index is 0.0621. The number of benzene rings is 1. The molecule has 0 saturated carbocycles. The van der Waals surface area contributed by atoms with Gasteiger partial charge in [0.25, 0.3) is 0 Å². The summed E-state index contributed by atoms with van der Waals surface area (Å²) < 4.78 is 29.9. The zero-order chi connectivity index (χ0) is 16.9. The van der Waals surface area contributed by atoms with Crippen LogP contribution in [0.4, 0.5) is 5.69 Å². The van der Waals surface area contributed by atoms with Crippen LogP contribution in [0.5, 0.6) is 0 Å². The number of hydrogen-bond donors (Lipinski definition) is 0. The maximum atomic E-state index is 12.1. The predicted octanol–water partition coefficient (Wildman–Crippen LogP) is 2.73. The normalized spacial score (nSPS) is 25.2. The second-order valence-corrected chi connectivity index (χ2v) is 9.55. The van der Waals surface area contributed by atoms with E-state index in [0.717, 1.165) is 15.7 Å². The Kier molecular flexibility index (Phi) is 4.21. The van der Waals surface area contributed by atoms with Gasteiger partial charge < -0.3 is 9.64 Å². The molecule has 2 atom stereocenters. The van der Waals surface area contributed by atoms with Crippen LogP contribution in [0.1, 0.15) is 42.1 Å². The number of methoxy groups -OCH3 is 1. The van der Waals surface area contributed by atoms with E-state index in [1.165, 1.54) is 7.11 Å². The van der Waals surface area contributed by atoms with E-state index in [1.54, 1.807) is 6.07 Å². The molecule has 3 rings (SSSR count). The minimum atomic E-state index is -3.01. The van der Waals surface area contributed by atoms with Gasteiger partial charge in [0.15, 0.2) is 9.84 Å². The molecule has 1 fully saturated rings. The highest BCUT2D eigenvalue weighted by Crippen LogP contribution is 2.50. The Morgan fingerprint density at radius 1 is 1.39 bits per heavy atom. The molecule has 0 amide bonds. The summed E-state index contributed by atoms with van der Waals surface area (Å²) in [5, 5.41) is 0.